The molecule has 0 fully saturated rings. The van der Waals surface area contributed by atoms with E-state index in [0.29, 0.717) is 33.5 Å². The van der Waals surface area contributed by atoms with E-state index in [-0.39, 0.29) is 17.2 Å². The highest BCUT2D eigenvalue weighted by molar-refractivity contribution is 7.99. The number of fused-ring (bicyclic) bond motifs is 1. The predicted octanol–water partition coefficient (Wildman–Crippen LogP) is 5.27. The number of hydrogen-bond donors (Lipinski definition) is 1. The Hall–Kier alpha value is -2.13. The summed E-state index contributed by atoms with van der Waals surface area (Å²) in [6, 6.07) is 11.3. The van der Waals surface area contributed by atoms with Gasteiger partial charge in [0.25, 0.3) is 5.56 Å². The monoisotopic (exact) mass is 475 g/mol. The zero-order chi connectivity index (χ0) is 21.1. The molecule has 0 aliphatic rings. The van der Waals surface area contributed by atoms with Crippen LogP contribution in [0.1, 0.15) is 12.5 Å². The molecule has 0 aliphatic carbocycles. The van der Waals surface area contributed by atoms with Crippen LogP contribution in [-0.2, 0) is 17.9 Å². The van der Waals surface area contributed by atoms with Crippen molar-refractivity contribution in [3.05, 3.63) is 68.1 Å². The van der Waals surface area contributed by atoms with Crippen LogP contribution in [-0.4, -0.2) is 21.2 Å². The molecule has 30 heavy (non-hydrogen) atoms. The minimum absolute atomic E-state index is 0.0591. The number of halogens is 1. The third kappa shape index (κ3) is 4.46. The maximum atomic E-state index is 13.1. The average molecular weight is 476 g/mol. The first-order valence-electron chi connectivity index (χ1n) is 9.26. The number of aromatic nitrogens is 2. The Morgan fingerprint density at radius 3 is 2.73 bits per heavy atom. The van der Waals surface area contributed by atoms with Crippen LogP contribution in [0, 0.1) is 0 Å². The third-order valence-corrected chi connectivity index (χ3v) is 7.50. The van der Waals surface area contributed by atoms with E-state index in [9.17, 15) is 9.59 Å². The van der Waals surface area contributed by atoms with Gasteiger partial charge in [0.1, 0.15) is 4.83 Å². The smallest absolute Gasteiger partial charge is 0.263 e. The molecule has 0 aliphatic heterocycles. The summed E-state index contributed by atoms with van der Waals surface area (Å²) in [7, 11) is 0. The van der Waals surface area contributed by atoms with Crippen molar-refractivity contribution in [1.82, 2.24) is 14.9 Å². The lowest BCUT2D eigenvalue weighted by molar-refractivity contribution is -0.118. The van der Waals surface area contributed by atoms with Crippen LogP contribution in [0.5, 0.6) is 0 Å². The van der Waals surface area contributed by atoms with E-state index < -0.39 is 0 Å². The number of nitrogens with zero attached hydrogens (tertiary/aromatic N) is 2. The van der Waals surface area contributed by atoms with Gasteiger partial charge in [-0.2, -0.15) is 0 Å². The lowest BCUT2D eigenvalue weighted by Gasteiger charge is -2.10. The van der Waals surface area contributed by atoms with E-state index in [0.717, 1.165) is 16.0 Å². The van der Waals surface area contributed by atoms with Gasteiger partial charge in [0.05, 0.1) is 11.1 Å². The minimum Gasteiger partial charge on any atom is -0.351 e. The van der Waals surface area contributed by atoms with Crippen molar-refractivity contribution in [2.45, 2.75) is 25.2 Å². The Morgan fingerprint density at radius 1 is 1.23 bits per heavy atom. The maximum Gasteiger partial charge on any atom is 0.263 e. The summed E-state index contributed by atoms with van der Waals surface area (Å²) < 4.78 is 1.64. The first-order valence-corrected chi connectivity index (χ1v) is 12.4. The van der Waals surface area contributed by atoms with Crippen molar-refractivity contribution in [2.75, 3.05) is 5.75 Å². The van der Waals surface area contributed by atoms with Gasteiger partial charge in [-0.3, -0.25) is 14.2 Å². The Bertz CT molecular complexity index is 1230. The molecule has 0 atom stereocenters. The highest BCUT2D eigenvalue weighted by atomic mass is 35.5. The molecule has 1 aromatic carbocycles. The lowest BCUT2D eigenvalue weighted by atomic mass is 10.2. The number of rotatable bonds is 7. The summed E-state index contributed by atoms with van der Waals surface area (Å²) in [6.07, 6.45) is 0. The molecule has 0 saturated heterocycles. The quantitative estimate of drug-likeness (QED) is 0.292. The summed E-state index contributed by atoms with van der Waals surface area (Å²) in [5, 5.41) is 8.75. The average Bonchev–Trinajstić information content (AvgIpc) is 3.41. The Morgan fingerprint density at radius 2 is 2.03 bits per heavy atom. The van der Waals surface area contributed by atoms with E-state index in [1.54, 1.807) is 28.0 Å². The van der Waals surface area contributed by atoms with Crippen molar-refractivity contribution < 1.29 is 4.79 Å². The van der Waals surface area contributed by atoms with Crippen LogP contribution in [0.2, 0.25) is 5.02 Å². The molecule has 154 valence electrons. The molecule has 0 bridgehead atoms. The van der Waals surface area contributed by atoms with E-state index >= 15 is 0 Å². The number of carbonyl (C=O) groups is 1. The Labute approximate surface area is 190 Å². The topological polar surface area (TPSA) is 64.0 Å². The van der Waals surface area contributed by atoms with Gasteiger partial charge in [-0.25, -0.2) is 4.98 Å². The summed E-state index contributed by atoms with van der Waals surface area (Å²) in [5.41, 5.74) is 1.85. The van der Waals surface area contributed by atoms with Crippen LogP contribution in [0.3, 0.4) is 0 Å². The lowest BCUT2D eigenvalue weighted by Crippen LogP contribution is -2.26. The van der Waals surface area contributed by atoms with E-state index in [4.69, 9.17) is 16.6 Å². The molecule has 0 spiro atoms. The second kappa shape index (κ2) is 9.34. The number of hydrogen-bond acceptors (Lipinski definition) is 6. The van der Waals surface area contributed by atoms with Gasteiger partial charge in [-0.1, -0.05) is 41.6 Å². The molecule has 9 heteroatoms. The maximum absolute atomic E-state index is 13.1. The number of amides is 1. The first-order chi connectivity index (χ1) is 14.6. The highest BCUT2D eigenvalue weighted by Crippen LogP contribution is 2.34. The molecular weight excluding hydrogens is 458 g/mol. The van der Waals surface area contributed by atoms with Gasteiger partial charge >= 0.3 is 0 Å². The second-order valence-electron chi connectivity index (χ2n) is 6.44. The number of thiophene rings is 2. The third-order valence-electron chi connectivity index (χ3n) is 4.50. The number of thioether (sulfide) groups is 1. The van der Waals surface area contributed by atoms with Gasteiger partial charge in [-0.15, -0.1) is 22.7 Å². The van der Waals surface area contributed by atoms with E-state index in [1.165, 1.54) is 23.1 Å². The molecule has 1 amide bonds. The molecule has 0 unspecified atom stereocenters. The predicted molar refractivity (Wildman–Crippen MR) is 127 cm³/mol. The minimum atomic E-state index is -0.114. The molecule has 4 rings (SSSR count). The summed E-state index contributed by atoms with van der Waals surface area (Å²) >= 11 is 10.2. The molecule has 3 heterocycles. The van der Waals surface area contributed by atoms with Crippen molar-refractivity contribution in [2.24, 2.45) is 0 Å². The first kappa shape index (κ1) is 21.1. The number of carbonyl (C=O) groups excluding carboxylic acids is 1. The van der Waals surface area contributed by atoms with Gasteiger partial charge in [0.2, 0.25) is 5.91 Å². The molecule has 4 aromatic rings. The van der Waals surface area contributed by atoms with Gasteiger partial charge in [-0.05, 0) is 36.1 Å². The van der Waals surface area contributed by atoms with Crippen LogP contribution in [0.25, 0.3) is 20.7 Å². The fourth-order valence-electron chi connectivity index (χ4n) is 2.99. The summed E-state index contributed by atoms with van der Waals surface area (Å²) in [4.78, 5) is 31.9. The van der Waals surface area contributed by atoms with Gasteiger partial charge < -0.3 is 5.32 Å². The van der Waals surface area contributed by atoms with Crippen molar-refractivity contribution >= 4 is 62.2 Å². The number of benzene rings is 1. The van der Waals surface area contributed by atoms with Crippen molar-refractivity contribution in [3.63, 3.8) is 0 Å². The standard InChI is InChI=1S/C21H18ClN3O2S3/c1-2-25-20(27)18-15(16-4-3-9-28-16)11-29-19(18)24-21(25)30-12-17(26)23-10-13-5-7-14(22)8-6-13/h3-9,11H,2,10,12H2,1H3,(H,23,26). The molecule has 5 nitrogen and oxygen atoms in total. The zero-order valence-electron chi connectivity index (χ0n) is 16.1. The molecule has 0 saturated carbocycles. The molecule has 1 N–H and O–H groups in total. The van der Waals surface area contributed by atoms with Crippen LogP contribution in [0.15, 0.2) is 57.1 Å². The fourth-order valence-corrected chi connectivity index (χ4v) is 5.81. The normalized spacial score (nSPS) is 11.1. The Balaban J connectivity index is 1.50. The Kier molecular flexibility index (Phi) is 6.58. The van der Waals surface area contributed by atoms with Crippen LogP contribution in [0.4, 0.5) is 0 Å². The second-order valence-corrected chi connectivity index (χ2v) is 9.63. The number of nitrogens with one attached hydrogen (secondary N) is 1. The zero-order valence-corrected chi connectivity index (χ0v) is 19.3. The van der Waals surface area contributed by atoms with E-state index in [2.05, 4.69) is 5.32 Å². The van der Waals surface area contributed by atoms with Crippen LogP contribution >= 0.6 is 46.0 Å². The largest absolute Gasteiger partial charge is 0.351 e. The van der Waals surface area contributed by atoms with Crippen molar-refractivity contribution in [3.8, 4) is 10.4 Å². The highest BCUT2D eigenvalue weighted by Gasteiger charge is 2.18. The van der Waals surface area contributed by atoms with Crippen LogP contribution < -0.4 is 10.9 Å². The molecule has 0 radical (unpaired) electrons. The van der Waals surface area contributed by atoms with Gasteiger partial charge in [0.15, 0.2) is 5.16 Å². The van der Waals surface area contributed by atoms with Gasteiger partial charge in [0, 0.05) is 33.9 Å². The summed E-state index contributed by atoms with van der Waals surface area (Å²) in [6.45, 7) is 2.84. The van der Waals surface area contributed by atoms with E-state index in [1.807, 2.05) is 41.9 Å². The molecular formula is C21H18ClN3O2S3. The fraction of sp³-hybridized carbons (Fsp3) is 0.190. The van der Waals surface area contributed by atoms with Crippen molar-refractivity contribution in [1.29, 1.82) is 0 Å². The SMILES string of the molecule is CCn1c(SCC(=O)NCc2ccc(Cl)cc2)nc2scc(-c3cccs3)c2c1=O. The summed E-state index contributed by atoms with van der Waals surface area (Å²) in [5.74, 6) is 0.0757. The molecule has 3 aromatic heterocycles.